The number of halogens is 2. The largest absolute Gasteiger partial charge is 0.323 e. The van der Waals surface area contributed by atoms with Gasteiger partial charge in [-0.1, -0.05) is 37.0 Å². The summed E-state index contributed by atoms with van der Waals surface area (Å²) in [6, 6.07) is 5.20. The number of nitrogens with zero attached hydrogens (tertiary/aromatic N) is 2. The molecular formula is C11H12Cl2N4. The van der Waals surface area contributed by atoms with E-state index < -0.39 is 0 Å². The van der Waals surface area contributed by atoms with Gasteiger partial charge in [-0.25, -0.2) is 0 Å². The molecule has 4 nitrogen and oxygen atoms in total. The van der Waals surface area contributed by atoms with Crippen molar-refractivity contribution in [2.24, 2.45) is 0 Å². The Bertz CT molecular complexity index is 502. The Morgan fingerprint density at radius 1 is 1.18 bits per heavy atom. The van der Waals surface area contributed by atoms with Gasteiger partial charge in [0.15, 0.2) is 0 Å². The van der Waals surface area contributed by atoms with E-state index in [1.807, 2.05) is 13.8 Å². The molecule has 0 saturated carbocycles. The SMILES string of the molecule is CC(C)c1nc(Nc2cc(Cl)cc(Cl)c2)n[nH]1. The van der Waals surface area contributed by atoms with E-state index in [-0.39, 0.29) is 0 Å². The summed E-state index contributed by atoms with van der Waals surface area (Å²) in [4.78, 5) is 4.30. The maximum atomic E-state index is 5.90. The third-order valence-electron chi connectivity index (χ3n) is 2.17. The van der Waals surface area contributed by atoms with Gasteiger partial charge in [0.2, 0.25) is 5.95 Å². The molecule has 17 heavy (non-hydrogen) atoms. The van der Waals surface area contributed by atoms with Crippen molar-refractivity contribution in [1.82, 2.24) is 15.2 Å². The molecule has 1 heterocycles. The van der Waals surface area contributed by atoms with Crippen LogP contribution in [0.4, 0.5) is 11.6 Å². The number of aromatic nitrogens is 3. The molecule has 6 heteroatoms. The van der Waals surface area contributed by atoms with Crippen molar-refractivity contribution in [3.8, 4) is 0 Å². The number of nitrogens with one attached hydrogen (secondary N) is 2. The average Bonchev–Trinajstić information content (AvgIpc) is 2.64. The smallest absolute Gasteiger partial charge is 0.246 e. The maximum Gasteiger partial charge on any atom is 0.246 e. The van der Waals surface area contributed by atoms with Crippen molar-refractivity contribution in [3.63, 3.8) is 0 Å². The summed E-state index contributed by atoms with van der Waals surface area (Å²) in [5, 5.41) is 11.1. The minimum Gasteiger partial charge on any atom is -0.323 e. The number of rotatable bonds is 3. The third kappa shape index (κ3) is 3.11. The van der Waals surface area contributed by atoms with Gasteiger partial charge < -0.3 is 5.32 Å². The minimum absolute atomic E-state index is 0.306. The molecule has 0 aliphatic carbocycles. The van der Waals surface area contributed by atoms with E-state index in [2.05, 4.69) is 20.5 Å². The van der Waals surface area contributed by atoms with Gasteiger partial charge in [0, 0.05) is 21.7 Å². The van der Waals surface area contributed by atoms with E-state index in [4.69, 9.17) is 23.2 Å². The maximum absolute atomic E-state index is 5.90. The summed E-state index contributed by atoms with van der Waals surface area (Å²) >= 11 is 11.8. The lowest BCUT2D eigenvalue weighted by molar-refractivity contribution is 0.781. The predicted molar refractivity (Wildman–Crippen MR) is 70.2 cm³/mol. The highest BCUT2D eigenvalue weighted by atomic mass is 35.5. The summed E-state index contributed by atoms with van der Waals surface area (Å²) in [6.45, 7) is 4.08. The second-order valence-corrected chi connectivity index (χ2v) is 4.85. The zero-order valence-corrected chi connectivity index (χ0v) is 11.0. The van der Waals surface area contributed by atoms with Gasteiger partial charge in [0.1, 0.15) is 5.82 Å². The Hall–Kier alpha value is -1.26. The normalized spacial score (nSPS) is 10.9. The van der Waals surface area contributed by atoms with Crippen LogP contribution < -0.4 is 5.32 Å². The summed E-state index contributed by atoms with van der Waals surface area (Å²) in [5.41, 5.74) is 0.761. The Morgan fingerprint density at radius 3 is 2.35 bits per heavy atom. The van der Waals surface area contributed by atoms with Crippen LogP contribution in [-0.4, -0.2) is 15.2 Å². The van der Waals surface area contributed by atoms with Crippen LogP contribution in [0.25, 0.3) is 0 Å². The van der Waals surface area contributed by atoms with Crippen molar-refractivity contribution in [2.75, 3.05) is 5.32 Å². The van der Waals surface area contributed by atoms with Gasteiger partial charge in [-0.15, -0.1) is 5.10 Å². The number of H-pyrrole nitrogens is 1. The van der Waals surface area contributed by atoms with Crippen LogP contribution in [0.2, 0.25) is 10.0 Å². The molecule has 0 bridgehead atoms. The number of hydrogen-bond donors (Lipinski definition) is 2. The molecule has 2 N–H and O–H groups in total. The van der Waals surface area contributed by atoms with E-state index >= 15 is 0 Å². The first-order valence-electron chi connectivity index (χ1n) is 5.20. The average molecular weight is 271 g/mol. The molecular weight excluding hydrogens is 259 g/mol. The summed E-state index contributed by atoms with van der Waals surface area (Å²) in [6.07, 6.45) is 0. The highest BCUT2D eigenvalue weighted by Crippen LogP contribution is 2.24. The van der Waals surface area contributed by atoms with E-state index in [9.17, 15) is 0 Å². The molecule has 1 aromatic carbocycles. The molecule has 0 aliphatic heterocycles. The van der Waals surface area contributed by atoms with Crippen molar-refractivity contribution < 1.29 is 0 Å². The van der Waals surface area contributed by atoms with Gasteiger partial charge in [0.05, 0.1) is 0 Å². The fourth-order valence-corrected chi connectivity index (χ4v) is 1.87. The van der Waals surface area contributed by atoms with E-state index in [1.165, 1.54) is 0 Å². The van der Waals surface area contributed by atoms with Crippen molar-refractivity contribution >= 4 is 34.8 Å². The summed E-state index contributed by atoms with van der Waals surface area (Å²) in [7, 11) is 0. The van der Waals surface area contributed by atoms with Crippen molar-refractivity contribution in [2.45, 2.75) is 19.8 Å². The molecule has 0 spiro atoms. The first-order valence-corrected chi connectivity index (χ1v) is 5.95. The third-order valence-corrected chi connectivity index (χ3v) is 2.60. The van der Waals surface area contributed by atoms with Gasteiger partial charge in [0.25, 0.3) is 0 Å². The first-order chi connectivity index (χ1) is 8.04. The lowest BCUT2D eigenvalue weighted by Gasteiger charge is -2.03. The second-order valence-electron chi connectivity index (χ2n) is 3.98. The predicted octanol–water partition coefficient (Wildman–Crippen LogP) is 3.98. The van der Waals surface area contributed by atoms with Gasteiger partial charge in [-0.3, -0.25) is 5.10 Å². The Labute approximate surface area is 109 Å². The zero-order chi connectivity index (χ0) is 12.4. The van der Waals surface area contributed by atoms with Crippen molar-refractivity contribution in [3.05, 3.63) is 34.1 Å². The van der Waals surface area contributed by atoms with E-state index in [0.29, 0.717) is 21.9 Å². The topological polar surface area (TPSA) is 53.6 Å². The lowest BCUT2D eigenvalue weighted by Crippen LogP contribution is -1.93. The number of anilines is 2. The molecule has 0 amide bonds. The molecule has 0 fully saturated rings. The molecule has 2 rings (SSSR count). The fraction of sp³-hybridized carbons (Fsp3) is 0.273. The molecule has 0 atom stereocenters. The zero-order valence-electron chi connectivity index (χ0n) is 9.46. The molecule has 2 aromatic rings. The van der Waals surface area contributed by atoms with Crippen LogP contribution in [0.1, 0.15) is 25.6 Å². The van der Waals surface area contributed by atoms with Gasteiger partial charge in [-0.2, -0.15) is 4.98 Å². The Morgan fingerprint density at radius 2 is 1.82 bits per heavy atom. The van der Waals surface area contributed by atoms with Crippen LogP contribution in [0.3, 0.4) is 0 Å². The van der Waals surface area contributed by atoms with Gasteiger partial charge >= 0.3 is 0 Å². The van der Waals surface area contributed by atoms with Crippen molar-refractivity contribution in [1.29, 1.82) is 0 Å². The standard InChI is InChI=1S/C11H12Cl2N4/c1-6(2)10-15-11(17-16-10)14-9-4-7(12)3-8(13)5-9/h3-6H,1-2H3,(H2,14,15,16,17). The molecule has 0 radical (unpaired) electrons. The fourth-order valence-electron chi connectivity index (χ4n) is 1.34. The number of hydrogen-bond acceptors (Lipinski definition) is 3. The number of aromatic amines is 1. The van der Waals surface area contributed by atoms with Crippen LogP contribution in [0.15, 0.2) is 18.2 Å². The van der Waals surface area contributed by atoms with Crippen LogP contribution >= 0.6 is 23.2 Å². The van der Waals surface area contributed by atoms with Gasteiger partial charge in [-0.05, 0) is 18.2 Å². The molecule has 0 aliphatic rings. The van der Waals surface area contributed by atoms with E-state index in [0.717, 1.165) is 11.5 Å². The minimum atomic E-state index is 0.306. The summed E-state index contributed by atoms with van der Waals surface area (Å²) < 4.78 is 0. The highest BCUT2D eigenvalue weighted by molar-refractivity contribution is 6.35. The molecule has 0 saturated heterocycles. The van der Waals surface area contributed by atoms with Crippen LogP contribution in [-0.2, 0) is 0 Å². The Kier molecular flexibility index (Phi) is 3.54. The van der Waals surface area contributed by atoms with Crippen LogP contribution in [0.5, 0.6) is 0 Å². The Balaban J connectivity index is 2.19. The quantitative estimate of drug-likeness (QED) is 0.887. The first kappa shape index (κ1) is 12.2. The molecule has 90 valence electrons. The van der Waals surface area contributed by atoms with Crippen LogP contribution in [0, 0.1) is 0 Å². The summed E-state index contributed by atoms with van der Waals surface area (Å²) in [5.74, 6) is 1.65. The number of benzene rings is 1. The monoisotopic (exact) mass is 270 g/mol. The van der Waals surface area contributed by atoms with E-state index in [1.54, 1.807) is 18.2 Å². The molecule has 0 unspecified atom stereocenters. The second kappa shape index (κ2) is 4.94. The molecule has 1 aromatic heterocycles. The highest BCUT2D eigenvalue weighted by Gasteiger charge is 2.07. The lowest BCUT2D eigenvalue weighted by atomic mass is 10.2.